The first kappa shape index (κ1) is 13.6. The predicted octanol–water partition coefficient (Wildman–Crippen LogP) is 4.30. The fourth-order valence-corrected chi connectivity index (χ4v) is 2.71. The lowest BCUT2D eigenvalue weighted by Gasteiger charge is -1.98. The summed E-state index contributed by atoms with van der Waals surface area (Å²) in [5.41, 5.74) is 3.38. The van der Waals surface area contributed by atoms with Gasteiger partial charge in [-0.15, -0.1) is 11.3 Å². The second-order valence-electron chi connectivity index (χ2n) is 4.38. The number of methoxy groups -OCH3 is 1. The van der Waals surface area contributed by atoms with Gasteiger partial charge >= 0.3 is 5.97 Å². The fourth-order valence-electron chi connectivity index (χ4n) is 1.73. The highest BCUT2D eigenvalue weighted by Crippen LogP contribution is 2.31. The Morgan fingerprint density at radius 2 is 1.84 bits per heavy atom. The van der Waals surface area contributed by atoms with Crippen LogP contribution in [0.5, 0.6) is 0 Å². The van der Waals surface area contributed by atoms with E-state index < -0.39 is 0 Å². The van der Waals surface area contributed by atoms with Crippen molar-refractivity contribution in [1.82, 2.24) is 0 Å². The number of rotatable bonds is 3. The van der Waals surface area contributed by atoms with Crippen LogP contribution in [0.25, 0.3) is 16.0 Å². The zero-order valence-corrected chi connectivity index (χ0v) is 12.1. The number of ether oxygens (including phenoxy) is 1. The molecule has 19 heavy (non-hydrogen) atoms. The fraction of sp³-hybridized carbons (Fsp3) is 0.188. The van der Waals surface area contributed by atoms with E-state index in [9.17, 15) is 4.79 Å². The smallest absolute Gasteiger partial charge is 0.330 e. The molecule has 0 aliphatic heterocycles. The Morgan fingerprint density at radius 3 is 2.47 bits per heavy atom. The first-order chi connectivity index (χ1) is 9.10. The maximum atomic E-state index is 11.2. The standard InChI is InChI=1S/C16H16O2S/c1-11-4-6-13(7-5-11)15-9-8-14(19-15)12(2)10-16(17)18-3/h4-10H,1-3H3/b12-10+. The Balaban J connectivity index is 2.26. The predicted molar refractivity (Wildman–Crippen MR) is 80.2 cm³/mol. The van der Waals surface area contributed by atoms with Gasteiger partial charge < -0.3 is 4.74 Å². The van der Waals surface area contributed by atoms with Crippen molar-refractivity contribution < 1.29 is 9.53 Å². The number of aryl methyl sites for hydroxylation is 1. The van der Waals surface area contributed by atoms with Crippen LogP contribution in [0.1, 0.15) is 17.4 Å². The molecule has 0 aliphatic rings. The average molecular weight is 272 g/mol. The second-order valence-corrected chi connectivity index (χ2v) is 5.46. The van der Waals surface area contributed by atoms with E-state index in [-0.39, 0.29) is 5.97 Å². The molecule has 0 saturated heterocycles. The minimum atomic E-state index is -0.317. The molecule has 0 N–H and O–H groups in total. The molecule has 0 fully saturated rings. The summed E-state index contributed by atoms with van der Waals surface area (Å²) in [6.45, 7) is 3.99. The SMILES string of the molecule is COC(=O)/C=C(\C)c1ccc(-c2ccc(C)cc2)s1. The highest BCUT2D eigenvalue weighted by molar-refractivity contribution is 7.16. The summed E-state index contributed by atoms with van der Waals surface area (Å²) in [6, 6.07) is 12.6. The molecular formula is C16H16O2S. The lowest BCUT2D eigenvalue weighted by Crippen LogP contribution is -1.94. The zero-order valence-electron chi connectivity index (χ0n) is 11.3. The molecule has 3 heteroatoms. The van der Waals surface area contributed by atoms with Crippen LogP contribution in [0.3, 0.4) is 0 Å². The molecule has 0 amide bonds. The molecule has 1 aromatic carbocycles. The third-order valence-electron chi connectivity index (χ3n) is 2.87. The Labute approximate surface area is 117 Å². The summed E-state index contributed by atoms with van der Waals surface area (Å²) in [5.74, 6) is -0.317. The van der Waals surface area contributed by atoms with Crippen molar-refractivity contribution in [1.29, 1.82) is 0 Å². The van der Waals surface area contributed by atoms with Gasteiger partial charge in [0, 0.05) is 15.8 Å². The third-order valence-corrected chi connectivity index (χ3v) is 4.14. The number of thiophene rings is 1. The molecule has 1 heterocycles. The van der Waals surface area contributed by atoms with Crippen molar-refractivity contribution >= 4 is 22.9 Å². The summed E-state index contributed by atoms with van der Waals surface area (Å²) >= 11 is 1.68. The highest BCUT2D eigenvalue weighted by Gasteiger charge is 2.05. The van der Waals surface area contributed by atoms with E-state index in [0.717, 1.165) is 10.5 Å². The van der Waals surface area contributed by atoms with Gasteiger partial charge in [-0.2, -0.15) is 0 Å². The van der Waals surface area contributed by atoms with Gasteiger partial charge in [0.2, 0.25) is 0 Å². The van der Waals surface area contributed by atoms with Crippen LogP contribution in [0.15, 0.2) is 42.5 Å². The molecule has 2 aromatic rings. The largest absolute Gasteiger partial charge is 0.466 e. The van der Waals surface area contributed by atoms with Gasteiger partial charge in [0.1, 0.15) is 0 Å². The Kier molecular flexibility index (Phi) is 4.17. The maximum Gasteiger partial charge on any atom is 0.330 e. The quantitative estimate of drug-likeness (QED) is 0.615. The van der Waals surface area contributed by atoms with Crippen molar-refractivity contribution in [3.05, 3.63) is 52.9 Å². The number of esters is 1. The van der Waals surface area contributed by atoms with Crippen molar-refractivity contribution in [2.45, 2.75) is 13.8 Å². The molecule has 0 atom stereocenters. The normalized spacial score (nSPS) is 11.4. The first-order valence-electron chi connectivity index (χ1n) is 6.03. The van der Waals surface area contributed by atoms with Crippen molar-refractivity contribution in [2.24, 2.45) is 0 Å². The van der Waals surface area contributed by atoms with Gasteiger partial charge in [0.25, 0.3) is 0 Å². The third kappa shape index (κ3) is 3.32. The molecule has 0 spiro atoms. The summed E-state index contributed by atoms with van der Waals surface area (Å²) < 4.78 is 4.64. The lowest BCUT2D eigenvalue weighted by molar-refractivity contribution is -0.134. The summed E-state index contributed by atoms with van der Waals surface area (Å²) in [4.78, 5) is 13.5. The van der Waals surface area contributed by atoms with Crippen LogP contribution < -0.4 is 0 Å². The van der Waals surface area contributed by atoms with Crippen molar-refractivity contribution in [2.75, 3.05) is 7.11 Å². The van der Waals surface area contributed by atoms with Gasteiger partial charge in [-0.1, -0.05) is 29.8 Å². The van der Waals surface area contributed by atoms with E-state index in [1.54, 1.807) is 11.3 Å². The molecule has 1 aromatic heterocycles. The van der Waals surface area contributed by atoms with Crippen LogP contribution in [0.4, 0.5) is 0 Å². The Morgan fingerprint density at radius 1 is 1.16 bits per heavy atom. The monoisotopic (exact) mass is 272 g/mol. The van der Waals surface area contributed by atoms with Crippen molar-refractivity contribution in [3.8, 4) is 10.4 Å². The molecule has 2 rings (SSSR count). The zero-order chi connectivity index (χ0) is 13.8. The van der Waals surface area contributed by atoms with E-state index in [4.69, 9.17) is 0 Å². The van der Waals surface area contributed by atoms with E-state index in [2.05, 4.69) is 42.0 Å². The second kappa shape index (κ2) is 5.85. The summed E-state index contributed by atoms with van der Waals surface area (Å²) in [5, 5.41) is 0. The molecule has 98 valence electrons. The topological polar surface area (TPSA) is 26.3 Å². The number of benzene rings is 1. The molecule has 0 saturated carbocycles. The Bertz CT molecular complexity index is 606. The number of hydrogen-bond acceptors (Lipinski definition) is 3. The van der Waals surface area contributed by atoms with Crippen LogP contribution in [0.2, 0.25) is 0 Å². The molecular weight excluding hydrogens is 256 g/mol. The minimum absolute atomic E-state index is 0.317. The van der Waals surface area contributed by atoms with E-state index >= 15 is 0 Å². The lowest BCUT2D eigenvalue weighted by atomic mass is 10.1. The van der Waals surface area contributed by atoms with E-state index in [1.165, 1.54) is 29.2 Å². The first-order valence-corrected chi connectivity index (χ1v) is 6.85. The maximum absolute atomic E-state index is 11.2. The number of carbonyl (C=O) groups excluding carboxylic acids is 1. The molecule has 0 radical (unpaired) electrons. The Hall–Kier alpha value is -1.87. The number of allylic oxidation sites excluding steroid dienone is 1. The summed E-state index contributed by atoms with van der Waals surface area (Å²) in [6.07, 6.45) is 1.52. The van der Waals surface area contributed by atoms with Crippen LogP contribution in [-0.4, -0.2) is 13.1 Å². The van der Waals surface area contributed by atoms with E-state index in [0.29, 0.717) is 0 Å². The molecule has 2 nitrogen and oxygen atoms in total. The van der Waals surface area contributed by atoms with Gasteiger partial charge in [-0.25, -0.2) is 4.79 Å². The summed E-state index contributed by atoms with van der Waals surface area (Å²) in [7, 11) is 1.39. The molecule has 0 aliphatic carbocycles. The van der Waals surface area contributed by atoms with Gasteiger partial charge in [-0.05, 0) is 37.1 Å². The minimum Gasteiger partial charge on any atom is -0.466 e. The van der Waals surface area contributed by atoms with Crippen LogP contribution in [-0.2, 0) is 9.53 Å². The highest BCUT2D eigenvalue weighted by atomic mass is 32.1. The van der Waals surface area contributed by atoms with Crippen molar-refractivity contribution in [3.63, 3.8) is 0 Å². The average Bonchev–Trinajstić information content (AvgIpc) is 2.89. The van der Waals surface area contributed by atoms with E-state index in [1.807, 2.05) is 13.0 Å². The number of carbonyl (C=O) groups is 1. The number of hydrogen-bond donors (Lipinski definition) is 0. The molecule has 0 unspecified atom stereocenters. The van der Waals surface area contributed by atoms with Crippen LogP contribution in [0, 0.1) is 6.92 Å². The van der Waals surface area contributed by atoms with Crippen LogP contribution >= 0.6 is 11.3 Å². The van der Waals surface area contributed by atoms with Gasteiger partial charge in [-0.3, -0.25) is 0 Å². The van der Waals surface area contributed by atoms with Gasteiger partial charge in [0.05, 0.1) is 7.11 Å². The van der Waals surface area contributed by atoms with Gasteiger partial charge in [0.15, 0.2) is 0 Å². The molecule has 0 bridgehead atoms.